The van der Waals surface area contributed by atoms with Gasteiger partial charge in [0.2, 0.25) is 0 Å². The summed E-state index contributed by atoms with van der Waals surface area (Å²) in [5.74, 6) is 1.92. The summed E-state index contributed by atoms with van der Waals surface area (Å²) in [5, 5.41) is 4.07. The fraction of sp³-hybridized carbons (Fsp3) is 0.364. The van der Waals surface area contributed by atoms with E-state index in [1.54, 1.807) is 0 Å². The zero-order chi connectivity index (χ0) is 19.7. The first-order valence-electron chi connectivity index (χ1n) is 9.72. The minimum Gasteiger partial charge on any atom is -0.461 e. The minimum absolute atomic E-state index is 0.0755. The predicted octanol–water partition coefficient (Wildman–Crippen LogP) is 4.58. The number of carbonyl (C=O) groups is 1. The molecule has 0 aliphatic carbocycles. The van der Waals surface area contributed by atoms with Gasteiger partial charge in [0.05, 0.1) is 0 Å². The van der Waals surface area contributed by atoms with Crippen LogP contribution in [0.2, 0.25) is 0 Å². The van der Waals surface area contributed by atoms with E-state index in [1.807, 2.05) is 68.4 Å². The van der Waals surface area contributed by atoms with Crippen molar-refractivity contribution >= 4 is 28.5 Å². The van der Waals surface area contributed by atoms with Crippen molar-refractivity contribution in [1.82, 2.24) is 9.88 Å². The van der Waals surface area contributed by atoms with Gasteiger partial charge in [-0.2, -0.15) is 0 Å². The SMILES string of the molecule is Cc1oc2ccc(NC(=O)N(C)C3CCN(c4ccccn4)CC3)cc2c1C. The Morgan fingerprint density at radius 2 is 2.00 bits per heavy atom. The molecule has 3 heterocycles. The van der Waals surface area contributed by atoms with Crippen LogP contribution < -0.4 is 10.2 Å². The minimum atomic E-state index is -0.0755. The topological polar surface area (TPSA) is 61.6 Å². The van der Waals surface area contributed by atoms with Crippen molar-refractivity contribution in [2.75, 3.05) is 30.4 Å². The van der Waals surface area contributed by atoms with Gasteiger partial charge < -0.3 is 19.5 Å². The fourth-order valence-electron chi connectivity index (χ4n) is 3.82. The van der Waals surface area contributed by atoms with E-state index in [-0.39, 0.29) is 12.1 Å². The van der Waals surface area contributed by atoms with E-state index in [4.69, 9.17) is 4.42 Å². The second-order valence-corrected chi connectivity index (χ2v) is 7.44. The lowest BCUT2D eigenvalue weighted by molar-refractivity contribution is 0.193. The van der Waals surface area contributed by atoms with Gasteiger partial charge in [0.15, 0.2) is 0 Å². The average molecular weight is 378 g/mol. The highest BCUT2D eigenvalue weighted by atomic mass is 16.3. The molecule has 0 bridgehead atoms. The van der Waals surface area contributed by atoms with Gasteiger partial charge >= 0.3 is 6.03 Å². The monoisotopic (exact) mass is 378 g/mol. The number of anilines is 2. The number of benzene rings is 1. The van der Waals surface area contributed by atoms with Gasteiger partial charge in [-0.3, -0.25) is 0 Å². The van der Waals surface area contributed by atoms with E-state index in [9.17, 15) is 4.79 Å². The van der Waals surface area contributed by atoms with Crippen molar-refractivity contribution in [2.24, 2.45) is 0 Å². The molecule has 6 heteroatoms. The first kappa shape index (κ1) is 18.3. The molecule has 1 aliphatic heterocycles. The highest BCUT2D eigenvalue weighted by Crippen LogP contribution is 2.28. The van der Waals surface area contributed by atoms with Crippen LogP contribution >= 0.6 is 0 Å². The Morgan fingerprint density at radius 1 is 1.21 bits per heavy atom. The molecule has 2 aromatic heterocycles. The van der Waals surface area contributed by atoms with Gasteiger partial charge in [0.25, 0.3) is 0 Å². The summed E-state index contributed by atoms with van der Waals surface area (Å²) >= 11 is 0. The molecule has 1 aliphatic rings. The van der Waals surface area contributed by atoms with Crippen LogP contribution in [0.1, 0.15) is 24.2 Å². The molecule has 0 spiro atoms. The van der Waals surface area contributed by atoms with Crippen molar-refractivity contribution < 1.29 is 9.21 Å². The van der Waals surface area contributed by atoms with E-state index in [0.29, 0.717) is 0 Å². The van der Waals surface area contributed by atoms with Crippen molar-refractivity contribution in [1.29, 1.82) is 0 Å². The van der Waals surface area contributed by atoms with Crippen molar-refractivity contribution in [3.05, 3.63) is 53.9 Å². The van der Waals surface area contributed by atoms with E-state index in [2.05, 4.69) is 15.2 Å². The molecule has 28 heavy (non-hydrogen) atoms. The lowest BCUT2D eigenvalue weighted by Gasteiger charge is -2.37. The Hall–Kier alpha value is -3.02. The molecule has 0 unspecified atom stereocenters. The number of aromatic nitrogens is 1. The normalized spacial score (nSPS) is 15.0. The van der Waals surface area contributed by atoms with E-state index in [1.165, 1.54) is 0 Å². The first-order valence-corrected chi connectivity index (χ1v) is 9.72. The number of furan rings is 1. The quantitative estimate of drug-likeness (QED) is 0.725. The third kappa shape index (κ3) is 3.54. The Bertz CT molecular complexity index is 975. The molecule has 1 fully saturated rings. The molecule has 0 atom stereocenters. The third-order valence-electron chi connectivity index (χ3n) is 5.73. The largest absolute Gasteiger partial charge is 0.461 e. The summed E-state index contributed by atoms with van der Waals surface area (Å²) in [4.78, 5) is 21.3. The number of rotatable bonds is 3. The third-order valence-corrected chi connectivity index (χ3v) is 5.73. The van der Waals surface area contributed by atoms with Crippen LogP contribution in [0.3, 0.4) is 0 Å². The lowest BCUT2D eigenvalue weighted by atomic mass is 10.0. The van der Waals surface area contributed by atoms with Crippen LogP contribution in [0.25, 0.3) is 11.0 Å². The standard InChI is InChI=1S/C22H26N4O2/c1-15-16(2)28-20-8-7-17(14-19(15)20)24-22(27)25(3)18-9-12-26(13-10-18)21-6-4-5-11-23-21/h4-8,11,14,18H,9-10,12-13H2,1-3H3,(H,24,27). The number of piperidine rings is 1. The van der Waals surface area contributed by atoms with Gasteiger partial charge in [-0.15, -0.1) is 0 Å². The fourth-order valence-corrected chi connectivity index (χ4v) is 3.82. The van der Waals surface area contributed by atoms with Gasteiger partial charge in [0, 0.05) is 43.4 Å². The maximum absolute atomic E-state index is 12.8. The summed E-state index contributed by atoms with van der Waals surface area (Å²) in [5.41, 5.74) is 2.75. The van der Waals surface area contributed by atoms with Crippen LogP contribution in [-0.4, -0.2) is 42.1 Å². The summed E-state index contributed by atoms with van der Waals surface area (Å²) in [6.45, 7) is 5.80. The first-order chi connectivity index (χ1) is 13.5. The molecule has 146 valence electrons. The Balaban J connectivity index is 1.38. The second kappa shape index (κ2) is 7.54. The molecule has 0 radical (unpaired) electrons. The maximum atomic E-state index is 12.8. The van der Waals surface area contributed by atoms with Crippen LogP contribution in [0.5, 0.6) is 0 Å². The number of hydrogen-bond donors (Lipinski definition) is 1. The molecule has 2 amide bonds. The molecule has 0 saturated carbocycles. The van der Waals surface area contributed by atoms with Gasteiger partial charge in [0.1, 0.15) is 17.2 Å². The van der Waals surface area contributed by atoms with Gasteiger partial charge in [-0.05, 0) is 62.6 Å². The van der Waals surface area contributed by atoms with Crippen molar-refractivity contribution in [3.63, 3.8) is 0 Å². The Kier molecular flexibility index (Phi) is 4.94. The highest BCUT2D eigenvalue weighted by Gasteiger charge is 2.26. The number of amides is 2. The van der Waals surface area contributed by atoms with E-state index < -0.39 is 0 Å². The molecular formula is C22H26N4O2. The Morgan fingerprint density at radius 3 is 2.71 bits per heavy atom. The second-order valence-electron chi connectivity index (χ2n) is 7.44. The number of fused-ring (bicyclic) bond motifs is 1. The summed E-state index contributed by atoms with van der Waals surface area (Å²) in [6, 6.07) is 11.9. The average Bonchev–Trinajstić information content (AvgIpc) is 3.02. The molecule has 1 aromatic carbocycles. The molecule has 1 N–H and O–H groups in total. The predicted molar refractivity (Wildman–Crippen MR) is 112 cm³/mol. The zero-order valence-electron chi connectivity index (χ0n) is 16.6. The summed E-state index contributed by atoms with van der Waals surface area (Å²) < 4.78 is 5.71. The summed E-state index contributed by atoms with van der Waals surface area (Å²) in [6.07, 6.45) is 3.68. The lowest BCUT2D eigenvalue weighted by Crippen LogP contribution is -2.47. The number of nitrogens with one attached hydrogen (secondary N) is 1. The number of hydrogen-bond acceptors (Lipinski definition) is 4. The van der Waals surface area contributed by atoms with Gasteiger partial charge in [-0.1, -0.05) is 6.07 Å². The zero-order valence-corrected chi connectivity index (χ0v) is 16.6. The van der Waals surface area contributed by atoms with Crippen molar-refractivity contribution in [3.8, 4) is 0 Å². The van der Waals surface area contributed by atoms with Crippen LogP contribution in [0.15, 0.2) is 47.0 Å². The molecule has 3 aromatic rings. The Labute approximate surface area is 165 Å². The molecule has 6 nitrogen and oxygen atoms in total. The number of pyridine rings is 1. The van der Waals surface area contributed by atoms with E-state index in [0.717, 1.165) is 59.7 Å². The van der Waals surface area contributed by atoms with Crippen LogP contribution in [-0.2, 0) is 0 Å². The molecule has 4 rings (SSSR count). The number of carbonyl (C=O) groups excluding carboxylic acids is 1. The van der Waals surface area contributed by atoms with Crippen molar-refractivity contribution in [2.45, 2.75) is 32.7 Å². The van der Waals surface area contributed by atoms with Gasteiger partial charge in [-0.25, -0.2) is 9.78 Å². The number of aryl methyl sites for hydroxylation is 2. The smallest absolute Gasteiger partial charge is 0.321 e. The number of nitrogens with zero attached hydrogens (tertiary/aromatic N) is 3. The van der Waals surface area contributed by atoms with Crippen LogP contribution in [0, 0.1) is 13.8 Å². The highest BCUT2D eigenvalue weighted by molar-refractivity contribution is 5.93. The number of urea groups is 1. The molecular weight excluding hydrogens is 352 g/mol. The summed E-state index contributed by atoms with van der Waals surface area (Å²) in [7, 11) is 1.88. The molecule has 1 saturated heterocycles. The van der Waals surface area contributed by atoms with Crippen LogP contribution in [0.4, 0.5) is 16.3 Å². The maximum Gasteiger partial charge on any atom is 0.321 e. The van der Waals surface area contributed by atoms with E-state index >= 15 is 0 Å².